The van der Waals surface area contributed by atoms with Gasteiger partial charge < -0.3 is 19.9 Å². The van der Waals surface area contributed by atoms with Crippen molar-refractivity contribution in [1.82, 2.24) is 20.8 Å². The summed E-state index contributed by atoms with van der Waals surface area (Å²) in [5, 5.41) is 10.2. The maximum Gasteiger partial charge on any atom is 0.246 e. The molecule has 0 aliphatic rings. The van der Waals surface area contributed by atoms with Gasteiger partial charge in [0, 0.05) is 13.2 Å². The van der Waals surface area contributed by atoms with Gasteiger partial charge >= 0.3 is 0 Å². The number of ether oxygens (including phenoxy) is 1. The lowest BCUT2D eigenvalue weighted by Crippen LogP contribution is -2.36. The van der Waals surface area contributed by atoms with Crippen LogP contribution in [0.5, 0.6) is 0 Å². The molecule has 0 amide bonds. The lowest BCUT2D eigenvalue weighted by atomic mass is 10.1. The van der Waals surface area contributed by atoms with E-state index < -0.39 is 0 Å². The molecule has 1 unspecified atom stereocenters. The standard InChI is InChI=1S/C18H26FN5O2.HI/c1-5-20-18(21-10-14-7-8-15(19)12(3)9-14)22-11-16-23-17(24-26-16)13(4)25-6-2;/h7-9,13H,5-6,10-11H2,1-4H3,(H2,20,21,22);1H. The molecule has 0 aliphatic heterocycles. The number of aliphatic imine (C=N–C) groups is 1. The van der Waals surface area contributed by atoms with Crippen LogP contribution in [0, 0.1) is 12.7 Å². The van der Waals surface area contributed by atoms with E-state index in [-0.39, 0.29) is 35.9 Å². The van der Waals surface area contributed by atoms with Crippen LogP contribution >= 0.6 is 24.0 Å². The summed E-state index contributed by atoms with van der Waals surface area (Å²) < 4.78 is 24.0. The Kier molecular flexibility index (Phi) is 10.2. The van der Waals surface area contributed by atoms with Gasteiger partial charge in [-0.15, -0.1) is 24.0 Å². The van der Waals surface area contributed by atoms with Crippen LogP contribution in [0.3, 0.4) is 0 Å². The molecular weight excluding hydrogens is 464 g/mol. The summed E-state index contributed by atoms with van der Waals surface area (Å²) in [5.74, 6) is 1.38. The fourth-order valence-corrected chi connectivity index (χ4v) is 2.31. The largest absolute Gasteiger partial charge is 0.371 e. The predicted octanol–water partition coefficient (Wildman–Crippen LogP) is 3.49. The molecule has 2 aromatic rings. The molecule has 2 N–H and O–H groups in total. The van der Waals surface area contributed by atoms with Gasteiger partial charge in [-0.25, -0.2) is 9.38 Å². The summed E-state index contributed by atoms with van der Waals surface area (Å²) in [4.78, 5) is 8.81. The lowest BCUT2D eigenvalue weighted by molar-refractivity contribution is 0.0683. The highest BCUT2D eigenvalue weighted by Crippen LogP contribution is 2.12. The summed E-state index contributed by atoms with van der Waals surface area (Å²) in [7, 11) is 0. The third-order valence-electron chi connectivity index (χ3n) is 3.66. The van der Waals surface area contributed by atoms with Crippen molar-refractivity contribution >= 4 is 29.9 Å². The van der Waals surface area contributed by atoms with Crippen LogP contribution in [0.2, 0.25) is 0 Å². The first-order chi connectivity index (χ1) is 12.5. The minimum atomic E-state index is -0.212. The summed E-state index contributed by atoms with van der Waals surface area (Å²) in [5.41, 5.74) is 1.55. The topological polar surface area (TPSA) is 84.6 Å². The van der Waals surface area contributed by atoms with Gasteiger partial charge in [-0.05, 0) is 44.9 Å². The highest BCUT2D eigenvalue weighted by atomic mass is 127. The van der Waals surface area contributed by atoms with Crippen LogP contribution in [0.15, 0.2) is 27.7 Å². The number of nitrogens with zero attached hydrogens (tertiary/aromatic N) is 3. The Morgan fingerprint density at radius 2 is 2.11 bits per heavy atom. The van der Waals surface area contributed by atoms with E-state index >= 15 is 0 Å². The minimum absolute atomic E-state index is 0. The van der Waals surface area contributed by atoms with Crippen LogP contribution in [0.4, 0.5) is 4.39 Å². The molecule has 0 radical (unpaired) electrons. The summed E-state index contributed by atoms with van der Waals surface area (Å²) >= 11 is 0. The van der Waals surface area contributed by atoms with E-state index in [1.807, 2.05) is 20.8 Å². The Bertz CT molecular complexity index is 738. The fourth-order valence-electron chi connectivity index (χ4n) is 2.31. The Balaban J connectivity index is 0.00000364. The first-order valence-corrected chi connectivity index (χ1v) is 8.74. The van der Waals surface area contributed by atoms with Gasteiger partial charge in [0.1, 0.15) is 11.9 Å². The molecule has 2 rings (SSSR count). The molecular formula is C18H27FIN5O2. The number of benzene rings is 1. The molecule has 1 aromatic heterocycles. The van der Waals surface area contributed by atoms with E-state index in [2.05, 4.69) is 25.8 Å². The van der Waals surface area contributed by atoms with Crippen molar-refractivity contribution in [2.45, 2.75) is 46.9 Å². The van der Waals surface area contributed by atoms with Crippen molar-refractivity contribution in [2.75, 3.05) is 13.2 Å². The second-order valence-electron chi connectivity index (χ2n) is 5.78. The van der Waals surface area contributed by atoms with E-state index in [0.717, 1.165) is 5.56 Å². The molecule has 0 aliphatic carbocycles. The number of nitrogens with one attached hydrogen (secondary N) is 2. The monoisotopic (exact) mass is 491 g/mol. The Morgan fingerprint density at radius 1 is 1.33 bits per heavy atom. The zero-order valence-corrected chi connectivity index (χ0v) is 18.4. The van der Waals surface area contributed by atoms with Gasteiger partial charge in [-0.2, -0.15) is 4.98 Å². The lowest BCUT2D eigenvalue weighted by Gasteiger charge is -2.09. The molecule has 27 heavy (non-hydrogen) atoms. The number of halogens is 2. The second-order valence-corrected chi connectivity index (χ2v) is 5.78. The SMILES string of the molecule is CCNC(=NCc1ccc(F)c(C)c1)NCc1nc(C(C)OCC)no1.I. The van der Waals surface area contributed by atoms with E-state index in [0.29, 0.717) is 49.5 Å². The molecule has 1 atom stereocenters. The van der Waals surface area contributed by atoms with E-state index in [1.54, 1.807) is 19.1 Å². The number of aryl methyl sites for hydroxylation is 1. The fraction of sp³-hybridized carbons (Fsp3) is 0.500. The van der Waals surface area contributed by atoms with E-state index in [1.165, 1.54) is 6.07 Å². The number of hydrogen-bond donors (Lipinski definition) is 2. The smallest absolute Gasteiger partial charge is 0.246 e. The number of rotatable bonds is 8. The van der Waals surface area contributed by atoms with Crippen molar-refractivity contribution in [1.29, 1.82) is 0 Å². The van der Waals surface area contributed by atoms with Crippen LogP contribution in [0.25, 0.3) is 0 Å². The first-order valence-electron chi connectivity index (χ1n) is 8.74. The summed E-state index contributed by atoms with van der Waals surface area (Å²) in [6.45, 7) is 9.60. The normalized spacial score (nSPS) is 12.4. The van der Waals surface area contributed by atoms with Gasteiger partial charge in [0.15, 0.2) is 11.8 Å². The highest BCUT2D eigenvalue weighted by molar-refractivity contribution is 14.0. The zero-order valence-electron chi connectivity index (χ0n) is 16.1. The van der Waals surface area contributed by atoms with Crippen LogP contribution < -0.4 is 10.6 Å². The average molecular weight is 491 g/mol. The molecule has 0 bridgehead atoms. The van der Waals surface area contributed by atoms with Crippen molar-refractivity contribution < 1.29 is 13.7 Å². The van der Waals surface area contributed by atoms with Crippen molar-refractivity contribution in [3.05, 3.63) is 46.9 Å². The van der Waals surface area contributed by atoms with Crippen molar-refractivity contribution in [3.63, 3.8) is 0 Å². The van der Waals surface area contributed by atoms with Crippen LogP contribution in [-0.2, 0) is 17.8 Å². The predicted molar refractivity (Wildman–Crippen MR) is 113 cm³/mol. The molecule has 0 saturated heterocycles. The Labute approximate surface area is 176 Å². The van der Waals surface area contributed by atoms with Gasteiger partial charge in [0.05, 0.1) is 13.1 Å². The molecule has 150 valence electrons. The molecule has 0 fully saturated rings. The molecule has 7 nitrogen and oxygen atoms in total. The Hall–Kier alpha value is -1.75. The second kappa shape index (κ2) is 11.9. The maximum atomic E-state index is 13.3. The minimum Gasteiger partial charge on any atom is -0.371 e. The van der Waals surface area contributed by atoms with Gasteiger partial charge in [-0.3, -0.25) is 0 Å². The molecule has 0 saturated carbocycles. The third-order valence-corrected chi connectivity index (χ3v) is 3.66. The quantitative estimate of drug-likeness (QED) is 0.334. The summed E-state index contributed by atoms with van der Waals surface area (Å²) in [6.07, 6.45) is -0.207. The van der Waals surface area contributed by atoms with Crippen LogP contribution in [-0.4, -0.2) is 29.3 Å². The highest BCUT2D eigenvalue weighted by Gasteiger charge is 2.13. The first kappa shape index (κ1) is 23.3. The Morgan fingerprint density at radius 3 is 2.78 bits per heavy atom. The van der Waals surface area contributed by atoms with E-state index in [4.69, 9.17) is 9.26 Å². The molecule has 0 spiro atoms. The molecule has 1 aromatic carbocycles. The van der Waals surface area contributed by atoms with Gasteiger partial charge in [0.2, 0.25) is 5.89 Å². The maximum absolute atomic E-state index is 13.3. The third kappa shape index (κ3) is 7.41. The number of guanidine groups is 1. The zero-order chi connectivity index (χ0) is 18.9. The summed E-state index contributed by atoms with van der Waals surface area (Å²) in [6, 6.07) is 4.98. The van der Waals surface area contributed by atoms with Crippen LogP contribution in [0.1, 0.15) is 49.7 Å². The average Bonchev–Trinajstić information content (AvgIpc) is 3.09. The molecule has 1 heterocycles. The van der Waals surface area contributed by atoms with Gasteiger partial charge in [-0.1, -0.05) is 17.3 Å². The van der Waals surface area contributed by atoms with Gasteiger partial charge in [0.25, 0.3) is 0 Å². The van der Waals surface area contributed by atoms with Crippen molar-refractivity contribution in [3.8, 4) is 0 Å². The van der Waals surface area contributed by atoms with E-state index in [9.17, 15) is 4.39 Å². The number of aromatic nitrogens is 2. The van der Waals surface area contributed by atoms with Crippen molar-refractivity contribution in [2.24, 2.45) is 4.99 Å². The number of hydrogen-bond acceptors (Lipinski definition) is 5. The molecule has 9 heteroatoms.